The first kappa shape index (κ1) is 8.97. The van der Waals surface area contributed by atoms with Gasteiger partial charge in [0.1, 0.15) is 0 Å². The monoisotopic (exact) mass is 183 g/mol. The third-order valence-corrected chi connectivity index (χ3v) is 2.19. The van der Waals surface area contributed by atoms with Crippen molar-refractivity contribution >= 4 is 0 Å². The highest BCUT2D eigenvalue weighted by atomic mass is 14.5. The second-order valence-electron chi connectivity index (χ2n) is 3.27. The summed E-state index contributed by atoms with van der Waals surface area (Å²) in [4.78, 5) is 0. The summed E-state index contributed by atoms with van der Waals surface area (Å²) in [6, 6.07) is 18.5. The predicted octanol–water partition coefficient (Wildman–Crippen LogP) is 2.81. The first-order valence-corrected chi connectivity index (χ1v) is 4.74. The maximum Gasteiger partial charge on any atom is 0.0178 e. The lowest BCUT2D eigenvalue weighted by Gasteiger charge is -1.90. The van der Waals surface area contributed by atoms with Gasteiger partial charge in [0.15, 0.2) is 0 Å². The normalized spacial score (nSPS) is 10.1. The molecule has 14 heavy (non-hydrogen) atoms. The topological polar surface area (TPSA) is 26.0 Å². The Morgan fingerprint density at radius 1 is 0.786 bits per heavy atom. The first-order valence-electron chi connectivity index (χ1n) is 4.74. The highest BCUT2D eigenvalue weighted by molar-refractivity contribution is 5.80. The van der Waals surface area contributed by atoms with Crippen LogP contribution < -0.4 is 5.73 Å². The van der Waals surface area contributed by atoms with Gasteiger partial charge in [-0.05, 0) is 22.8 Å². The zero-order chi connectivity index (χ0) is 9.80. The van der Waals surface area contributed by atoms with Crippen LogP contribution in [0.1, 0.15) is 5.56 Å². The average Bonchev–Trinajstić information content (AvgIpc) is 2.88. The maximum atomic E-state index is 5.35. The summed E-state index contributed by atoms with van der Waals surface area (Å²) in [6.45, 7) is 0.640. The van der Waals surface area contributed by atoms with Crippen molar-refractivity contribution in [3.63, 3.8) is 0 Å². The Hall–Kier alpha value is -1.60. The van der Waals surface area contributed by atoms with E-state index in [2.05, 4.69) is 24.3 Å². The van der Waals surface area contributed by atoms with Gasteiger partial charge in [0.25, 0.3) is 0 Å². The molecule has 0 radical (unpaired) electrons. The molecule has 0 spiro atoms. The number of benzene rings is 2. The zero-order valence-corrected chi connectivity index (χ0v) is 7.98. The fourth-order valence-electron chi connectivity index (χ4n) is 1.29. The lowest BCUT2D eigenvalue weighted by Crippen LogP contribution is -1.94. The van der Waals surface area contributed by atoms with Crippen LogP contribution in [-0.4, -0.2) is 0 Å². The molecule has 0 heterocycles. The average molecular weight is 183 g/mol. The molecule has 2 N–H and O–H groups in total. The van der Waals surface area contributed by atoms with Crippen LogP contribution >= 0.6 is 0 Å². The summed E-state index contributed by atoms with van der Waals surface area (Å²) >= 11 is 0. The van der Waals surface area contributed by atoms with Gasteiger partial charge in [-0.15, -0.1) is 0 Å². The van der Waals surface area contributed by atoms with Gasteiger partial charge in [0, 0.05) is 6.54 Å². The van der Waals surface area contributed by atoms with Crippen molar-refractivity contribution in [2.24, 2.45) is 5.73 Å². The fraction of sp³-hybridized carbons (Fsp3) is 0.0769. The van der Waals surface area contributed by atoms with Crippen LogP contribution in [0.4, 0.5) is 0 Å². The number of hydrogen-bond acceptors (Lipinski definition) is 1. The van der Waals surface area contributed by atoms with Crippen molar-refractivity contribution in [2.45, 2.75) is 6.54 Å². The van der Waals surface area contributed by atoms with E-state index in [0.29, 0.717) is 6.54 Å². The van der Waals surface area contributed by atoms with E-state index in [9.17, 15) is 0 Å². The quantitative estimate of drug-likeness (QED) is 0.616. The van der Waals surface area contributed by atoms with Crippen molar-refractivity contribution < 1.29 is 0 Å². The minimum absolute atomic E-state index is 0.640. The number of nitrogens with two attached hydrogens (primary N) is 1. The molecule has 0 aliphatic heterocycles. The minimum Gasteiger partial charge on any atom is -0.326 e. The van der Waals surface area contributed by atoms with E-state index in [4.69, 9.17) is 5.73 Å². The molecule has 1 nitrogen and oxygen atoms in total. The van der Waals surface area contributed by atoms with E-state index < -0.39 is 0 Å². The Bertz CT molecular complexity index is 389. The Balaban J connectivity index is 0.000000110. The van der Waals surface area contributed by atoms with Gasteiger partial charge in [-0.1, -0.05) is 48.5 Å². The van der Waals surface area contributed by atoms with Crippen LogP contribution in [0.15, 0.2) is 54.6 Å². The molecule has 0 bridgehead atoms. The van der Waals surface area contributed by atoms with Crippen molar-refractivity contribution in [1.29, 1.82) is 0 Å². The highest BCUT2D eigenvalue weighted by Crippen LogP contribution is 2.32. The second-order valence-corrected chi connectivity index (χ2v) is 3.27. The van der Waals surface area contributed by atoms with Gasteiger partial charge < -0.3 is 5.73 Å². The number of fused-ring (bicyclic) bond motifs is 1. The summed E-state index contributed by atoms with van der Waals surface area (Å²) in [5, 5.41) is 0. The Kier molecular flexibility index (Phi) is 2.61. The molecule has 0 amide bonds. The van der Waals surface area contributed by atoms with Crippen LogP contribution in [-0.2, 0) is 6.54 Å². The van der Waals surface area contributed by atoms with E-state index in [1.165, 1.54) is 16.7 Å². The molecule has 70 valence electrons. The molecule has 2 aliphatic carbocycles. The third-order valence-electron chi connectivity index (χ3n) is 2.19. The fourth-order valence-corrected chi connectivity index (χ4v) is 1.29. The molecule has 1 heteroatoms. The van der Waals surface area contributed by atoms with E-state index in [1.54, 1.807) is 0 Å². The van der Waals surface area contributed by atoms with E-state index >= 15 is 0 Å². The van der Waals surface area contributed by atoms with Crippen LogP contribution in [0.25, 0.3) is 11.1 Å². The number of rotatable bonds is 1. The van der Waals surface area contributed by atoms with E-state index in [-0.39, 0.29) is 0 Å². The van der Waals surface area contributed by atoms with Gasteiger partial charge in [-0.25, -0.2) is 0 Å². The molecule has 0 saturated carbocycles. The lowest BCUT2D eigenvalue weighted by atomic mass is 10.2. The van der Waals surface area contributed by atoms with Crippen LogP contribution in [0.3, 0.4) is 0 Å². The molecule has 0 fully saturated rings. The molecular weight excluding hydrogens is 170 g/mol. The van der Waals surface area contributed by atoms with E-state index in [0.717, 1.165) is 0 Å². The largest absolute Gasteiger partial charge is 0.326 e. The molecule has 3 rings (SSSR count). The molecule has 0 unspecified atom stereocenters. The molecule has 1 aromatic rings. The zero-order valence-electron chi connectivity index (χ0n) is 7.98. The van der Waals surface area contributed by atoms with Crippen molar-refractivity contribution in [3.05, 3.63) is 60.2 Å². The van der Waals surface area contributed by atoms with E-state index in [1.807, 2.05) is 30.3 Å². The second kappa shape index (κ2) is 4.07. The summed E-state index contributed by atoms with van der Waals surface area (Å²) < 4.78 is 0. The minimum atomic E-state index is 0.640. The molecule has 0 aromatic heterocycles. The molecule has 0 atom stereocenters. The number of hydrogen-bond donors (Lipinski definition) is 1. The summed E-state index contributed by atoms with van der Waals surface area (Å²) in [5.74, 6) is 0. The standard InChI is InChI=1S/C7H9N.C6H4/c8-6-7-4-2-1-3-5-7;1-2-5-4-6(5)3-1/h1-5H,6,8H2;1-4H. The van der Waals surface area contributed by atoms with Gasteiger partial charge in [0.05, 0.1) is 0 Å². The smallest absolute Gasteiger partial charge is 0.0178 e. The molecular formula is C13H13N. The lowest BCUT2D eigenvalue weighted by molar-refractivity contribution is 1.07. The van der Waals surface area contributed by atoms with Crippen LogP contribution in [0, 0.1) is 0 Å². The third kappa shape index (κ3) is 2.21. The van der Waals surface area contributed by atoms with Crippen LogP contribution in [0.5, 0.6) is 0 Å². The van der Waals surface area contributed by atoms with Gasteiger partial charge >= 0.3 is 0 Å². The molecule has 1 aromatic carbocycles. The Morgan fingerprint density at radius 2 is 1.43 bits per heavy atom. The van der Waals surface area contributed by atoms with Gasteiger partial charge in [-0.2, -0.15) is 0 Å². The highest BCUT2D eigenvalue weighted by Gasteiger charge is 2.06. The van der Waals surface area contributed by atoms with Gasteiger partial charge in [0.2, 0.25) is 0 Å². The Morgan fingerprint density at radius 3 is 1.71 bits per heavy atom. The Labute approximate surface area is 84.2 Å². The summed E-state index contributed by atoms with van der Waals surface area (Å²) in [7, 11) is 0. The van der Waals surface area contributed by atoms with Gasteiger partial charge in [-0.3, -0.25) is 0 Å². The van der Waals surface area contributed by atoms with Crippen LogP contribution in [0.2, 0.25) is 0 Å². The summed E-state index contributed by atoms with van der Waals surface area (Å²) in [5.41, 5.74) is 9.39. The van der Waals surface area contributed by atoms with Crippen molar-refractivity contribution in [3.8, 4) is 11.1 Å². The SMILES string of the molecule is NCc1ccccc1.c1cc2cc-2c1. The van der Waals surface area contributed by atoms with Crippen molar-refractivity contribution in [2.75, 3.05) is 0 Å². The van der Waals surface area contributed by atoms with Crippen molar-refractivity contribution in [1.82, 2.24) is 0 Å². The maximum absolute atomic E-state index is 5.35. The molecule has 2 aliphatic rings. The summed E-state index contributed by atoms with van der Waals surface area (Å²) in [6.07, 6.45) is 0. The predicted molar refractivity (Wildman–Crippen MR) is 59.8 cm³/mol. The first-order chi connectivity index (χ1) is 6.90. The molecule has 0 saturated heterocycles.